The van der Waals surface area contributed by atoms with Crippen molar-refractivity contribution in [2.24, 2.45) is 0 Å². The Morgan fingerprint density at radius 1 is 1.32 bits per heavy atom. The number of aliphatic hydroxyl groups is 1. The number of rotatable bonds is 4. The maximum Gasteiger partial charge on any atom is 0.252 e. The fourth-order valence-corrected chi connectivity index (χ4v) is 1.99. The first-order valence-electron chi connectivity index (χ1n) is 5.78. The second-order valence-corrected chi connectivity index (χ2v) is 4.94. The number of benzene rings is 1. The summed E-state index contributed by atoms with van der Waals surface area (Å²) in [4.78, 5) is 15.8. The number of amides is 1. The lowest BCUT2D eigenvalue weighted by Crippen LogP contribution is -2.28. The molecule has 2 N–H and O–H groups in total. The number of hydrogen-bond acceptors (Lipinski definition) is 3. The van der Waals surface area contributed by atoms with Crippen molar-refractivity contribution in [2.75, 3.05) is 6.54 Å². The van der Waals surface area contributed by atoms with Gasteiger partial charge in [0.2, 0.25) is 0 Å². The molecular weight excluding hydrogens is 308 g/mol. The maximum absolute atomic E-state index is 11.8. The van der Waals surface area contributed by atoms with Crippen molar-refractivity contribution >= 4 is 21.8 Å². The molecule has 0 saturated carbocycles. The van der Waals surface area contributed by atoms with Gasteiger partial charge in [0.25, 0.3) is 5.91 Å². The third-order valence-electron chi connectivity index (χ3n) is 2.61. The summed E-state index contributed by atoms with van der Waals surface area (Å²) >= 11 is 3.26. The number of carbonyl (C=O) groups is 1. The molecule has 2 rings (SSSR count). The van der Waals surface area contributed by atoms with Gasteiger partial charge in [0, 0.05) is 23.4 Å². The van der Waals surface area contributed by atoms with Gasteiger partial charge in [0.05, 0.1) is 11.7 Å². The average Bonchev–Trinajstić information content (AvgIpc) is 2.45. The zero-order valence-corrected chi connectivity index (χ0v) is 11.7. The third kappa shape index (κ3) is 3.87. The zero-order valence-electron chi connectivity index (χ0n) is 10.1. The van der Waals surface area contributed by atoms with Gasteiger partial charge in [-0.25, -0.2) is 0 Å². The summed E-state index contributed by atoms with van der Waals surface area (Å²) in [5.74, 6) is -0.260. The fraction of sp³-hybridized carbons (Fsp3) is 0.143. The molecule has 98 valence electrons. The summed E-state index contributed by atoms with van der Waals surface area (Å²) in [5.41, 5.74) is 1.23. The Morgan fingerprint density at radius 3 is 2.74 bits per heavy atom. The van der Waals surface area contributed by atoms with Crippen molar-refractivity contribution in [2.45, 2.75) is 6.10 Å². The fourth-order valence-electron chi connectivity index (χ4n) is 1.62. The number of halogens is 1. The first-order chi connectivity index (χ1) is 9.16. The van der Waals surface area contributed by atoms with E-state index in [1.165, 1.54) is 6.20 Å². The normalized spacial score (nSPS) is 11.9. The van der Waals surface area contributed by atoms with Crippen LogP contribution in [0.3, 0.4) is 0 Å². The van der Waals surface area contributed by atoms with Gasteiger partial charge in [-0.15, -0.1) is 0 Å². The zero-order chi connectivity index (χ0) is 13.7. The van der Waals surface area contributed by atoms with Crippen molar-refractivity contribution in [3.8, 4) is 0 Å². The lowest BCUT2D eigenvalue weighted by atomic mass is 10.1. The van der Waals surface area contributed by atoms with E-state index >= 15 is 0 Å². The lowest BCUT2D eigenvalue weighted by molar-refractivity contribution is 0.0916. The Bertz CT molecular complexity index is 560. The molecule has 1 unspecified atom stereocenters. The largest absolute Gasteiger partial charge is 0.387 e. The van der Waals surface area contributed by atoms with Crippen LogP contribution in [0.2, 0.25) is 0 Å². The third-order valence-corrected chi connectivity index (χ3v) is 3.04. The smallest absolute Gasteiger partial charge is 0.252 e. The minimum Gasteiger partial charge on any atom is -0.387 e. The Balaban J connectivity index is 1.94. The lowest BCUT2D eigenvalue weighted by Gasteiger charge is -2.12. The summed E-state index contributed by atoms with van der Waals surface area (Å²) < 4.78 is 0.740. The highest BCUT2D eigenvalue weighted by atomic mass is 79.9. The second-order valence-electron chi connectivity index (χ2n) is 4.03. The van der Waals surface area contributed by atoms with Crippen LogP contribution in [-0.4, -0.2) is 22.5 Å². The van der Waals surface area contributed by atoms with E-state index in [9.17, 15) is 9.90 Å². The Labute approximate surface area is 119 Å². The SMILES string of the molecule is O=C(NCC(O)c1ccccc1)c1cncc(Br)c1. The van der Waals surface area contributed by atoms with Gasteiger partial charge in [-0.2, -0.15) is 0 Å². The van der Waals surface area contributed by atoms with Crippen LogP contribution in [0.1, 0.15) is 22.0 Å². The molecule has 0 aliphatic heterocycles. The van der Waals surface area contributed by atoms with E-state index in [2.05, 4.69) is 26.2 Å². The van der Waals surface area contributed by atoms with Gasteiger partial charge in [-0.3, -0.25) is 9.78 Å². The number of aliphatic hydroxyl groups excluding tert-OH is 1. The first kappa shape index (κ1) is 13.7. The summed E-state index contributed by atoms with van der Waals surface area (Å²) in [6, 6.07) is 10.9. The van der Waals surface area contributed by atoms with Crippen LogP contribution >= 0.6 is 15.9 Å². The summed E-state index contributed by atoms with van der Waals surface area (Å²) in [7, 11) is 0. The highest BCUT2D eigenvalue weighted by Crippen LogP contribution is 2.12. The molecule has 5 heteroatoms. The molecule has 1 heterocycles. The monoisotopic (exact) mass is 320 g/mol. The van der Waals surface area contributed by atoms with Gasteiger partial charge in [0.1, 0.15) is 0 Å². The van der Waals surface area contributed by atoms with Gasteiger partial charge < -0.3 is 10.4 Å². The minimum atomic E-state index is -0.717. The standard InChI is InChI=1S/C14H13BrN2O2/c15-12-6-11(7-16-8-12)14(19)17-9-13(18)10-4-2-1-3-5-10/h1-8,13,18H,9H2,(H,17,19). The predicted octanol–water partition coefficient (Wildman–Crippen LogP) is 2.31. The van der Waals surface area contributed by atoms with Crippen molar-refractivity contribution in [1.82, 2.24) is 10.3 Å². The first-order valence-corrected chi connectivity index (χ1v) is 6.58. The highest BCUT2D eigenvalue weighted by molar-refractivity contribution is 9.10. The molecular formula is C14H13BrN2O2. The van der Waals surface area contributed by atoms with E-state index in [-0.39, 0.29) is 12.5 Å². The topological polar surface area (TPSA) is 62.2 Å². The van der Waals surface area contributed by atoms with Gasteiger partial charge >= 0.3 is 0 Å². The van der Waals surface area contributed by atoms with Gasteiger partial charge in [-0.05, 0) is 27.6 Å². The Kier molecular flexibility index (Phi) is 4.65. The number of carbonyl (C=O) groups excluding carboxylic acids is 1. The van der Waals surface area contributed by atoms with Gasteiger partial charge in [0.15, 0.2) is 0 Å². The number of nitrogens with one attached hydrogen (secondary N) is 1. The van der Waals surface area contributed by atoms with E-state index in [1.807, 2.05) is 30.3 Å². The molecule has 0 saturated heterocycles. The molecule has 1 aromatic heterocycles. The maximum atomic E-state index is 11.8. The Morgan fingerprint density at radius 2 is 2.05 bits per heavy atom. The Hall–Kier alpha value is -1.72. The van der Waals surface area contributed by atoms with Crippen LogP contribution in [-0.2, 0) is 0 Å². The molecule has 0 aliphatic rings. The van der Waals surface area contributed by atoms with Crippen LogP contribution in [0.4, 0.5) is 0 Å². The van der Waals surface area contributed by atoms with Crippen LogP contribution < -0.4 is 5.32 Å². The van der Waals surface area contributed by atoms with Crippen molar-refractivity contribution in [1.29, 1.82) is 0 Å². The van der Waals surface area contributed by atoms with Crippen LogP contribution in [0.25, 0.3) is 0 Å². The number of pyridine rings is 1. The minimum absolute atomic E-state index is 0.162. The van der Waals surface area contributed by atoms with Crippen LogP contribution in [0.5, 0.6) is 0 Å². The van der Waals surface area contributed by atoms with E-state index in [1.54, 1.807) is 12.3 Å². The molecule has 0 radical (unpaired) electrons. The summed E-state index contributed by atoms with van der Waals surface area (Å²) in [6.45, 7) is 0.162. The number of hydrogen-bond donors (Lipinski definition) is 2. The summed E-state index contributed by atoms with van der Waals surface area (Å²) in [5, 5.41) is 12.6. The predicted molar refractivity (Wildman–Crippen MR) is 75.7 cm³/mol. The quantitative estimate of drug-likeness (QED) is 0.908. The molecule has 0 aliphatic carbocycles. The van der Waals surface area contributed by atoms with E-state index in [0.717, 1.165) is 10.0 Å². The molecule has 0 spiro atoms. The van der Waals surface area contributed by atoms with Crippen LogP contribution in [0, 0.1) is 0 Å². The highest BCUT2D eigenvalue weighted by Gasteiger charge is 2.10. The van der Waals surface area contributed by atoms with Crippen molar-refractivity contribution in [3.63, 3.8) is 0 Å². The van der Waals surface area contributed by atoms with Crippen molar-refractivity contribution in [3.05, 3.63) is 64.4 Å². The molecule has 1 amide bonds. The number of nitrogens with zero attached hydrogens (tertiary/aromatic N) is 1. The second kappa shape index (κ2) is 6.45. The molecule has 1 atom stereocenters. The van der Waals surface area contributed by atoms with Crippen molar-refractivity contribution < 1.29 is 9.90 Å². The molecule has 0 fully saturated rings. The van der Waals surface area contributed by atoms with E-state index < -0.39 is 6.10 Å². The molecule has 19 heavy (non-hydrogen) atoms. The molecule has 1 aromatic carbocycles. The van der Waals surface area contributed by atoms with E-state index in [0.29, 0.717) is 5.56 Å². The number of aromatic nitrogens is 1. The van der Waals surface area contributed by atoms with E-state index in [4.69, 9.17) is 0 Å². The average molecular weight is 321 g/mol. The molecule has 0 bridgehead atoms. The summed E-state index contributed by atoms with van der Waals surface area (Å²) in [6.07, 6.45) is 2.37. The molecule has 4 nitrogen and oxygen atoms in total. The van der Waals surface area contributed by atoms with Gasteiger partial charge in [-0.1, -0.05) is 30.3 Å². The van der Waals surface area contributed by atoms with Crippen LogP contribution in [0.15, 0.2) is 53.3 Å². The molecule has 2 aromatic rings.